The number of nitrogens with one attached hydrogen (secondary N) is 1. The Morgan fingerprint density at radius 1 is 0.882 bits per heavy atom. The summed E-state index contributed by atoms with van der Waals surface area (Å²) in [6, 6.07) is 18.5. The molecule has 0 saturated heterocycles. The summed E-state index contributed by atoms with van der Waals surface area (Å²) in [5, 5.41) is 4.00. The van der Waals surface area contributed by atoms with Gasteiger partial charge in [-0.1, -0.05) is 12.1 Å². The molecule has 3 rings (SSSR count). The number of nitrogens with zero attached hydrogens (tertiary/aromatic N) is 1. The molecule has 0 atom stereocenters. The molecule has 0 aliphatic heterocycles. The molecule has 0 unspecified atom stereocenters. The van der Waals surface area contributed by atoms with E-state index in [1.807, 2.05) is 13.8 Å². The molecule has 0 saturated carbocycles. The molecule has 34 heavy (non-hydrogen) atoms. The number of methoxy groups -OCH3 is 1. The quantitative estimate of drug-likeness (QED) is 0.207. The Bertz CT molecular complexity index is 1160. The Morgan fingerprint density at radius 3 is 2.32 bits per heavy atom. The third kappa shape index (κ3) is 6.35. The number of hydrazone groups is 1. The largest absolute Gasteiger partial charge is 0.494 e. The molecule has 0 radical (unpaired) electrons. The second kappa shape index (κ2) is 12.1. The number of hydrogen-bond donors (Lipinski definition) is 1. The fourth-order valence-corrected chi connectivity index (χ4v) is 3.02. The fourth-order valence-electron chi connectivity index (χ4n) is 3.02. The Morgan fingerprint density at radius 2 is 1.62 bits per heavy atom. The lowest BCUT2D eigenvalue weighted by Crippen LogP contribution is -2.18. The van der Waals surface area contributed by atoms with Crippen molar-refractivity contribution in [3.8, 4) is 23.0 Å². The number of carbonyl (C=O) groups is 2. The van der Waals surface area contributed by atoms with Gasteiger partial charge in [-0.05, 0) is 74.0 Å². The summed E-state index contributed by atoms with van der Waals surface area (Å²) in [6.07, 6.45) is 1.46. The van der Waals surface area contributed by atoms with E-state index < -0.39 is 11.9 Å². The molecule has 0 heterocycles. The first-order valence-electron chi connectivity index (χ1n) is 10.7. The first-order chi connectivity index (χ1) is 16.5. The average Bonchev–Trinajstić information content (AvgIpc) is 2.86. The number of benzene rings is 3. The zero-order chi connectivity index (χ0) is 24.3. The maximum atomic E-state index is 12.5. The lowest BCUT2D eigenvalue weighted by atomic mass is 10.2. The SMILES string of the molecule is CCOc1ccc(C(=O)Oc2ccc(/C=N/NC(=O)c3ccccc3OCC)cc2OC)cc1. The molecule has 1 amide bonds. The molecule has 0 fully saturated rings. The van der Waals surface area contributed by atoms with Gasteiger partial charge in [0.2, 0.25) is 0 Å². The van der Waals surface area contributed by atoms with Crippen molar-refractivity contribution in [3.63, 3.8) is 0 Å². The van der Waals surface area contributed by atoms with E-state index >= 15 is 0 Å². The highest BCUT2D eigenvalue weighted by molar-refractivity contribution is 5.97. The third-order valence-electron chi connectivity index (χ3n) is 4.60. The molecule has 8 nitrogen and oxygen atoms in total. The number of ether oxygens (including phenoxy) is 4. The van der Waals surface area contributed by atoms with Gasteiger partial charge in [-0.2, -0.15) is 5.10 Å². The van der Waals surface area contributed by atoms with Gasteiger partial charge in [-0.3, -0.25) is 4.79 Å². The molecule has 0 spiro atoms. The van der Waals surface area contributed by atoms with Crippen molar-refractivity contribution in [2.24, 2.45) is 5.10 Å². The molecule has 3 aromatic rings. The van der Waals surface area contributed by atoms with Gasteiger partial charge < -0.3 is 18.9 Å². The molecule has 1 N–H and O–H groups in total. The van der Waals surface area contributed by atoms with Crippen LogP contribution in [0.15, 0.2) is 71.8 Å². The minimum absolute atomic E-state index is 0.258. The van der Waals surface area contributed by atoms with Crippen molar-refractivity contribution in [3.05, 3.63) is 83.4 Å². The monoisotopic (exact) mass is 462 g/mol. The maximum absolute atomic E-state index is 12.5. The standard InChI is InChI=1S/C26H26N2O6/c1-4-32-20-13-11-19(12-14-20)26(30)34-23-15-10-18(16-24(23)31-3)17-27-28-25(29)21-8-6-7-9-22(21)33-5-2/h6-17H,4-5H2,1-3H3,(H,28,29)/b27-17+. The van der Waals surface area contributed by atoms with Crippen LogP contribution in [0.25, 0.3) is 0 Å². The highest BCUT2D eigenvalue weighted by Gasteiger charge is 2.14. The first-order valence-corrected chi connectivity index (χ1v) is 10.7. The summed E-state index contributed by atoms with van der Waals surface area (Å²) >= 11 is 0. The van der Waals surface area contributed by atoms with Crippen LogP contribution in [-0.2, 0) is 0 Å². The van der Waals surface area contributed by atoms with Crippen molar-refractivity contribution < 1.29 is 28.5 Å². The predicted octanol–water partition coefficient (Wildman–Crippen LogP) is 4.48. The van der Waals surface area contributed by atoms with Crippen LogP contribution in [-0.4, -0.2) is 38.4 Å². The normalized spacial score (nSPS) is 10.6. The molecule has 0 aliphatic carbocycles. The number of esters is 1. The second-order valence-corrected chi connectivity index (χ2v) is 6.89. The molecule has 0 aliphatic rings. The van der Waals surface area contributed by atoms with E-state index in [0.29, 0.717) is 47.2 Å². The summed E-state index contributed by atoms with van der Waals surface area (Å²) < 4.78 is 21.7. The predicted molar refractivity (Wildman–Crippen MR) is 128 cm³/mol. The summed E-state index contributed by atoms with van der Waals surface area (Å²) in [7, 11) is 1.47. The molecule has 0 bridgehead atoms. The molecular weight excluding hydrogens is 436 g/mol. The van der Waals surface area contributed by atoms with E-state index in [-0.39, 0.29) is 5.75 Å². The number of carbonyl (C=O) groups excluding carboxylic acids is 2. The summed E-state index contributed by atoms with van der Waals surface area (Å²) in [5.41, 5.74) is 3.88. The molecule has 3 aromatic carbocycles. The summed E-state index contributed by atoms with van der Waals surface area (Å²) in [5.74, 6) is 0.840. The number of rotatable bonds is 10. The third-order valence-corrected chi connectivity index (χ3v) is 4.60. The second-order valence-electron chi connectivity index (χ2n) is 6.89. The van der Waals surface area contributed by atoms with Crippen molar-refractivity contribution in [2.45, 2.75) is 13.8 Å². The lowest BCUT2D eigenvalue weighted by molar-refractivity contribution is 0.0729. The van der Waals surface area contributed by atoms with Crippen molar-refractivity contribution in [2.75, 3.05) is 20.3 Å². The summed E-state index contributed by atoms with van der Waals surface area (Å²) in [4.78, 5) is 24.9. The Labute approximate surface area is 198 Å². The molecule has 176 valence electrons. The van der Waals surface area contributed by atoms with E-state index in [0.717, 1.165) is 0 Å². The van der Waals surface area contributed by atoms with Crippen LogP contribution in [0.1, 0.15) is 40.1 Å². The zero-order valence-electron chi connectivity index (χ0n) is 19.2. The van der Waals surface area contributed by atoms with E-state index in [9.17, 15) is 9.59 Å². The van der Waals surface area contributed by atoms with Crippen molar-refractivity contribution >= 4 is 18.1 Å². The van der Waals surface area contributed by atoms with Crippen molar-refractivity contribution in [1.29, 1.82) is 0 Å². The van der Waals surface area contributed by atoms with Gasteiger partial charge >= 0.3 is 5.97 Å². The van der Waals surface area contributed by atoms with Crippen LogP contribution in [0.2, 0.25) is 0 Å². The van der Waals surface area contributed by atoms with Gasteiger partial charge in [0.1, 0.15) is 11.5 Å². The van der Waals surface area contributed by atoms with E-state index in [1.165, 1.54) is 13.3 Å². The highest BCUT2D eigenvalue weighted by Crippen LogP contribution is 2.28. The Balaban J connectivity index is 1.66. The van der Waals surface area contributed by atoms with E-state index in [4.69, 9.17) is 18.9 Å². The minimum Gasteiger partial charge on any atom is -0.494 e. The average molecular weight is 463 g/mol. The van der Waals surface area contributed by atoms with Crippen LogP contribution in [0.4, 0.5) is 0 Å². The van der Waals surface area contributed by atoms with E-state index in [1.54, 1.807) is 66.7 Å². The van der Waals surface area contributed by atoms with Crippen LogP contribution >= 0.6 is 0 Å². The van der Waals surface area contributed by atoms with Gasteiger partial charge in [0.25, 0.3) is 5.91 Å². The molecule has 0 aromatic heterocycles. The number of para-hydroxylation sites is 1. The topological polar surface area (TPSA) is 95.5 Å². The smallest absolute Gasteiger partial charge is 0.343 e. The van der Waals surface area contributed by atoms with Gasteiger partial charge in [0.15, 0.2) is 11.5 Å². The molecule has 8 heteroatoms. The van der Waals surface area contributed by atoms with Crippen LogP contribution in [0.5, 0.6) is 23.0 Å². The van der Waals surface area contributed by atoms with Crippen LogP contribution in [0.3, 0.4) is 0 Å². The highest BCUT2D eigenvalue weighted by atomic mass is 16.6. The van der Waals surface area contributed by atoms with E-state index in [2.05, 4.69) is 10.5 Å². The maximum Gasteiger partial charge on any atom is 0.343 e. The Kier molecular flexibility index (Phi) is 8.62. The van der Waals surface area contributed by atoms with Gasteiger partial charge in [-0.15, -0.1) is 0 Å². The van der Waals surface area contributed by atoms with Crippen LogP contribution < -0.4 is 24.4 Å². The minimum atomic E-state index is -0.525. The number of hydrogen-bond acceptors (Lipinski definition) is 7. The van der Waals surface area contributed by atoms with Gasteiger partial charge in [0.05, 0.1) is 37.7 Å². The Hall–Kier alpha value is -4.33. The van der Waals surface area contributed by atoms with Gasteiger partial charge in [0, 0.05) is 0 Å². The van der Waals surface area contributed by atoms with Crippen molar-refractivity contribution in [1.82, 2.24) is 5.43 Å². The number of amides is 1. The lowest BCUT2D eigenvalue weighted by Gasteiger charge is -2.10. The fraction of sp³-hybridized carbons (Fsp3) is 0.192. The summed E-state index contributed by atoms with van der Waals surface area (Å²) in [6.45, 7) is 4.72. The van der Waals surface area contributed by atoms with Crippen LogP contribution in [0, 0.1) is 0 Å². The molecular formula is C26H26N2O6. The van der Waals surface area contributed by atoms with Gasteiger partial charge in [-0.25, -0.2) is 10.2 Å². The zero-order valence-corrected chi connectivity index (χ0v) is 19.2. The first kappa shape index (κ1) is 24.3.